The molecule has 1 atom stereocenters. The van der Waals surface area contributed by atoms with Crippen molar-refractivity contribution in [2.75, 3.05) is 6.54 Å². The van der Waals surface area contributed by atoms with Crippen LogP contribution in [0.3, 0.4) is 0 Å². The van der Waals surface area contributed by atoms with Crippen molar-refractivity contribution < 1.29 is 13.2 Å². The fourth-order valence-electron chi connectivity index (χ4n) is 3.21. The van der Waals surface area contributed by atoms with Gasteiger partial charge in [0.05, 0.1) is 5.56 Å². The largest absolute Gasteiger partial charge is 0.416 e. The monoisotopic (exact) mass is 271 g/mol. The Hall–Kier alpha value is -1.03. The van der Waals surface area contributed by atoms with Crippen molar-refractivity contribution in [2.24, 2.45) is 11.1 Å². The number of nitrogens with two attached hydrogens (primary N) is 1. The highest BCUT2D eigenvalue weighted by molar-refractivity contribution is 5.28. The first-order valence-corrected chi connectivity index (χ1v) is 6.76. The summed E-state index contributed by atoms with van der Waals surface area (Å²) >= 11 is 0. The van der Waals surface area contributed by atoms with Gasteiger partial charge in [-0.1, -0.05) is 31.9 Å². The molecule has 0 bridgehead atoms. The van der Waals surface area contributed by atoms with E-state index < -0.39 is 11.7 Å². The summed E-state index contributed by atoms with van der Waals surface area (Å²) in [4.78, 5) is 0. The highest BCUT2D eigenvalue weighted by atomic mass is 19.4. The molecule has 0 aliphatic heterocycles. The molecule has 1 aliphatic carbocycles. The maximum Gasteiger partial charge on any atom is 0.416 e. The molecule has 0 saturated heterocycles. The molecular weight excluding hydrogens is 251 g/mol. The van der Waals surface area contributed by atoms with Crippen molar-refractivity contribution >= 4 is 0 Å². The molecule has 1 aromatic rings. The van der Waals surface area contributed by atoms with Crippen molar-refractivity contribution in [3.05, 3.63) is 35.4 Å². The Labute approximate surface area is 112 Å². The van der Waals surface area contributed by atoms with E-state index in [-0.39, 0.29) is 11.3 Å². The topological polar surface area (TPSA) is 26.0 Å². The molecule has 0 heterocycles. The third-order valence-corrected chi connectivity index (χ3v) is 4.66. The molecule has 4 heteroatoms. The van der Waals surface area contributed by atoms with Crippen LogP contribution in [0.15, 0.2) is 24.3 Å². The van der Waals surface area contributed by atoms with E-state index in [9.17, 15) is 13.2 Å². The second kappa shape index (κ2) is 5.16. The number of benzene rings is 1. The second-order valence-electron chi connectivity index (χ2n) is 5.62. The summed E-state index contributed by atoms with van der Waals surface area (Å²) in [7, 11) is 0. The van der Waals surface area contributed by atoms with Gasteiger partial charge in [-0.05, 0) is 48.4 Å². The second-order valence-corrected chi connectivity index (χ2v) is 5.62. The molecule has 2 rings (SSSR count). The average molecular weight is 271 g/mol. The van der Waals surface area contributed by atoms with Crippen LogP contribution in [0.4, 0.5) is 13.2 Å². The lowest BCUT2D eigenvalue weighted by Gasteiger charge is -2.34. The predicted molar refractivity (Wildman–Crippen MR) is 69.8 cm³/mol. The third-order valence-electron chi connectivity index (χ3n) is 4.66. The standard InChI is InChI=1S/C15H20F3N/c1-11(14(10-19)8-2-3-9-14)12-4-6-13(7-5-12)15(16,17)18/h4-7,11H,2-3,8-10,19H2,1H3. The molecule has 106 valence electrons. The van der Waals surface area contributed by atoms with Crippen LogP contribution in [0.2, 0.25) is 0 Å². The highest BCUT2D eigenvalue weighted by Gasteiger charge is 2.38. The maximum atomic E-state index is 12.5. The average Bonchev–Trinajstić information content (AvgIpc) is 2.87. The van der Waals surface area contributed by atoms with E-state index in [1.165, 1.54) is 25.0 Å². The van der Waals surface area contributed by atoms with E-state index in [4.69, 9.17) is 5.73 Å². The Balaban J connectivity index is 2.22. The van der Waals surface area contributed by atoms with Gasteiger partial charge in [-0.2, -0.15) is 13.2 Å². The van der Waals surface area contributed by atoms with Crippen LogP contribution in [0, 0.1) is 5.41 Å². The summed E-state index contributed by atoms with van der Waals surface area (Å²) < 4.78 is 37.6. The van der Waals surface area contributed by atoms with Crippen LogP contribution in [-0.2, 0) is 6.18 Å². The third kappa shape index (κ3) is 2.78. The van der Waals surface area contributed by atoms with Crippen LogP contribution in [0.5, 0.6) is 0 Å². The quantitative estimate of drug-likeness (QED) is 0.870. The van der Waals surface area contributed by atoms with Gasteiger partial charge < -0.3 is 5.73 Å². The van der Waals surface area contributed by atoms with Gasteiger partial charge in [-0.3, -0.25) is 0 Å². The fourth-order valence-corrected chi connectivity index (χ4v) is 3.21. The summed E-state index contributed by atoms with van der Waals surface area (Å²) in [6, 6.07) is 5.54. The van der Waals surface area contributed by atoms with Crippen LogP contribution in [0.25, 0.3) is 0 Å². The van der Waals surface area contributed by atoms with Gasteiger partial charge in [-0.25, -0.2) is 0 Å². The molecule has 1 saturated carbocycles. The van der Waals surface area contributed by atoms with Crippen LogP contribution < -0.4 is 5.73 Å². The molecular formula is C15H20F3N. The molecule has 1 fully saturated rings. The minimum absolute atomic E-state index is 0.0692. The summed E-state index contributed by atoms with van der Waals surface area (Å²) in [6.45, 7) is 2.69. The first-order valence-electron chi connectivity index (χ1n) is 6.76. The molecule has 1 aliphatic rings. The zero-order valence-corrected chi connectivity index (χ0v) is 11.1. The lowest BCUT2D eigenvalue weighted by molar-refractivity contribution is -0.137. The molecule has 19 heavy (non-hydrogen) atoms. The van der Waals surface area contributed by atoms with E-state index in [1.54, 1.807) is 12.1 Å². The first kappa shape index (κ1) is 14.4. The van der Waals surface area contributed by atoms with Gasteiger partial charge >= 0.3 is 6.18 Å². The lowest BCUT2D eigenvalue weighted by atomic mass is 9.71. The fraction of sp³-hybridized carbons (Fsp3) is 0.600. The van der Waals surface area contributed by atoms with Gasteiger partial charge in [-0.15, -0.1) is 0 Å². The number of alkyl halides is 3. The Morgan fingerprint density at radius 3 is 2.11 bits per heavy atom. The van der Waals surface area contributed by atoms with Crippen molar-refractivity contribution in [1.82, 2.24) is 0 Å². The van der Waals surface area contributed by atoms with Crippen LogP contribution in [-0.4, -0.2) is 6.54 Å². The van der Waals surface area contributed by atoms with E-state index >= 15 is 0 Å². The van der Waals surface area contributed by atoms with E-state index in [2.05, 4.69) is 6.92 Å². The van der Waals surface area contributed by atoms with Crippen molar-refractivity contribution in [3.63, 3.8) is 0 Å². The number of halogens is 3. The highest BCUT2D eigenvalue weighted by Crippen LogP contribution is 2.48. The minimum Gasteiger partial charge on any atom is -0.330 e. The normalized spacial score (nSPS) is 20.5. The van der Waals surface area contributed by atoms with Gasteiger partial charge in [0.1, 0.15) is 0 Å². The van der Waals surface area contributed by atoms with Gasteiger partial charge in [0.25, 0.3) is 0 Å². The summed E-state index contributed by atoms with van der Waals surface area (Å²) in [5, 5.41) is 0. The Bertz CT molecular complexity index is 416. The molecule has 1 nitrogen and oxygen atoms in total. The smallest absolute Gasteiger partial charge is 0.330 e. The van der Waals surface area contributed by atoms with Crippen LogP contribution in [0.1, 0.15) is 49.7 Å². The van der Waals surface area contributed by atoms with Gasteiger partial charge in [0.15, 0.2) is 0 Å². The lowest BCUT2D eigenvalue weighted by Crippen LogP contribution is -2.32. The molecule has 1 unspecified atom stereocenters. The molecule has 1 aromatic carbocycles. The first-order chi connectivity index (χ1) is 8.89. The van der Waals surface area contributed by atoms with E-state index in [0.717, 1.165) is 18.4 Å². The Kier molecular flexibility index (Phi) is 3.90. The van der Waals surface area contributed by atoms with Crippen molar-refractivity contribution in [2.45, 2.75) is 44.7 Å². The number of rotatable bonds is 3. The SMILES string of the molecule is CC(c1ccc(C(F)(F)F)cc1)C1(CN)CCCC1. The van der Waals surface area contributed by atoms with Gasteiger partial charge in [0.2, 0.25) is 0 Å². The van der Waals surface area contributed by atoms with Crippen molar-refractivity contribution in [3.8, 4) is 0 Å². The zero-order chi connectivity index (χ0) is 14.1. The van der Waals surface area contributed by atoms with Crippen molar-refractivity contribution in [1.29, 1.82) is 0 Å². The van der Waals surface area contributed by atoms with Gasteiger partial charge in [0, 0.05) is 0 Å². The molecule has 0 radical (unpaired) electrons. The molecule has 2 N–H and O–H groups in total. The molecule has 0 amide bonds. The predicted octanol–water partition coefficient (Wildman–Crippen LogP) is 4.33. The summed E-state index contributed by atoms with van der Waals surface area (Å²) in [6.07, 6.45) is 0.225. The Morgan fingerprint density at radius 1 is 1.16 bits per heavy atom. The Morgan fingerprint density at radius 2 is 1.68 bits per heavy atom. The zero-order valence-electron chi connectivity index (χ0n) is 11.1. The minimum atomic E-state index is -4.26. The number of hydrogen-bond acceptors (Lipinski definition) is 1. The molecule has 0 aromatic heterocycles. The summed E-state index contributed by atoms with van der Waals surface area (Å²) in [5.41, 5.74) is 6.37. The van der Waals surface area contributed by atoms with Crippen LogP contribution >= 0.6 is 0 Å². The summed E-state index contributed by atoms with van der Waals surface area (Å²) in [5.74, 6) is 0.210. The number of hydrogen-bond donors (Lipinski definition) is 1. The maximum absolute atomic E-state index is 12.5. The van der Waals surface area contributed by atoms with E-state index in [0.29, 0.717) is 6.54 Å². The molecule has 0 spiro atoms. The van der Waals surface area contributed by atoms with E-state index in [1.807, 2.05) is 0 Å².